The van der Waals surface area contributed by atoms with Crippen molar-refractivity contribution in [1.29, 1.82) is 0 Å². The van der Waals surface area contributed by atoms with Crippen LogP contribution < -0.4 is 5.32 Å². The summed E-state index contributed by atoms with van der Waals surface area (Å²) in [6.07, 6.45) is 0. The van der Waals surface area contributed by atoms with E-state index in [0.29, 0.717) is 5.56 Å². The van der Waals surface area contributed by atoms with Crippen molar-refractivity contribution in [2.75, 3.05) is 5.32 Å². The maximum absolute atomic E-state index is 12.3. The first-order valence-electron chi connectivity index (χ1n) is 5.81. The zero-order valence-electron chi connectivity index (χ0n) is 10.6. The summed E-state index contributed by atoms with van der Waals surface area (Å²) in [5.41, 5.74) is 3.55. The third kappa shape index (κ3) is 3.36. The Morgan fingerprint density at radius 2 is 1.95 bits per heavy atom. The molecular formula is C15H13BrINO. The van der Waals surface area contributed by atoms with E-state index in [1.165, 1.54) is 0 Å². The van der Waals surface area contributed by atoms with Gasteiger partial charge in [0.1, 0.15) is 0 Å². The first kappa shape index (κ1) is 14.5. The Morgan fingerprint density at radius 3 is 2.68 bits per heavy atom. The van der Waals surface area contributed by atoms with Crippen molar-refractivity contribution in [3.8, 4) is 0 Å². The van der Waals surface area contributed by atoms with Crippen LogP contribution in [-0.2, 0) is 0 Å². The van der Waals surface area contributed by atoms with E-state index >= 15 is 0 Å². The van der Waals surface area contributed by atoms with Gasteiger partial charge in [-0.2, -0.15) is 0 Å². The molecule has 2 nitrogen and oxygen atoms in total. The summed E-state index contributed by atoms with van der Waals surface area (Å²) >= 11 is 5.68. The third-order valence-corrected chi connectivity index (χ3v) is 4.49. The molecule has 0 saturated heterocycles. The molecule has 0 aliphatic heterocycles. The number of carbonyl (C=O) groups is 1. The number of anilines is 1. The van der Waals surface area contributed by atoms with Crippen LogP contribution in [0, 0.1) is 17.4 Å². The monoisotopic (exact) mass is 429 g/mol. The second-order valence-electron chi connectivity index (χ2n) is 4.33. The highest BCUT2D eigenvalue weighted by atomic mass is 127. The predicted molar refractivity (Wildman–Crippen MR) is 90.7 cm³/mol. The van der Waals surface area contributed by atoms with Gasteiger partial charge in [0.2, 0.25) is 0 Å². The van der Waals surface area contributed by atoms with Crippen LogP contribution in [0.5, 0.6) is 0 Å². The summed E-state index contributed by atoms with van der Waals surface area (Å²) in [6.45, 7) is 3.92. The smallest absolute Gasteiger partial charge is 0.255 e. The number of aryl methyl sites for hydroxylation is 1. The average molecular weight is 430 g/mol. The van der Waals surface area contributed by atoms with E-state index in [0.717, 1.165) is 24.9 Å². The van der Waals surface area contributed by atoms with Gasteiger partial charge in [0.15, 0.2) is 0 Å². The molecule has 0 heterocycles. The average Bonchev–Trinajstić information content (AvgIpc) is 2.37. The lowest BCUT2D eigenvalue weighted by Gasteiger charge is -2.11. The molecule has 0 fully saturated rings. The van der Waals surface area contributed by atoms with Crippen LogP contribution >= 0.6 is 38.5 Å². The summed E-state index contributed by atoms with van der Waals surface area (Å²) in [5.74, 6) is -0.0797. The first-order chi connectivity index (χ1) is 8.99. The van der Waals surface area contributed by atoms with Gasteiger partial charge < -0.3 is 5.32 Å². The lowest BCUT2D eigenvalue weighted by Crippen LogP contribution is -2.14. The quantitative estimate of drug-likeness (QED) is 0.674. The zero-order valence-corrected chi connectivity index (χ0v) is 14.4. The number of nitrogens with one attached hydrogen (secondary N) is 1. The van der Waals surface area contributed by atoms with E-state index in [-0.39, 0.29) is 5.91 Å². The Labute approximate surface area is 134 Å². The Hall–Kier alpha value is -0.880. The standard InChI is InChI=1S/C15H13BrINO/c1-9-6-7-11(17)8-14(9)18-15(19)12-4-3-5-13(16)10(12)2/h3-8H,1-2H3,(H,18,19). The molecule has 1 amide bonds. The van der Waals surface area contributed by atoms with E-state index < -0.39 is 0 Å². The summed E-state index contributed by atoms with van der Waals surface area (Å²) < 4.78 is 2.05. The van der Waals surface area contributed by atoms with E-state index in [4.69, 9.17) is 0 Å². The molecule has 0 radical (unpaired) electrons. The van der Waals surface area contributed by atoms with Gasteiger partial charge in [-0.15, -0.1) is 0 Å². The van der Waals surface area contributed by atoms with Gasteiger partial charge in [-0.1, -0.05) is 28.1 Å². The zero-order chi connectivity index (χ0) is 14.0. The highest BCUT2D eigenvalue weighted by Crippen LogP contribution is 2.22. The Balaban J connectivity index is 2.31. The Kier molecular flexibility index (Phi) is 4.62. The number of halogens is 2. The molecule has 0 atom stereocenters. The first-order valence-corrected chi connectivity index (χ1v) is 7.69. The highest BCUT2D eigenvalue weighted by Gasteiger charge is 2.12. The van der Waals surface area contributed by atoms with Gasteiger partial charge in [0.05, 0.1) is 0 Å². The van der Waals surface area contributed by atoms with Gasteiger partial charge >= 0.3 is 0 Å². The molecule has 19 heavy (non-hydrogen) atoms. The molecule has 0 aliphatic carbocycles. The molecule has 0 aliphatic rings. The summed E-state index contributed by atoms with van der Waals surface area (Å²) in [4.78, 5) is 12.3. The number of amides is 1. The largest absolute Gasteiger partial charge is 0.322 e. The molecule has 0 bridgehead atoms. The number of hydrogen-bond donors (Lipinski definition) is 1. The topological polar surface area (TPSA) is 29.1 Å². The highest BCUT2D eigenvalue weighted by molar-refractivity contribution is 14.1. The van der Waals surface area contributed by atoms with Crippen LogP contribution in [0.3, 0.4) is 0 Å². The molecular weight excluding hydrogens is 417 g/mol. The number of carbonyl (C=O) groups excluding carboxylic acids is 1. The van der Waals surface area contributed by atoms with Crippen molar-refractivity contribution in [3.63, 3.8) is 0 Å². The van der Waals surface area contributed by atoms with Gasteiger partial charge in [-0.05, 0) is 71.8 Å². The van der Waals surface area contributed by atoms with Gasteiger partial charge in [-0.3, -0.25) is 4.79 Å². The third-order valence-electron chi connectivity index (χ3n) is 2.96. The van der Waals surface area contributed by atoms with Gasteiger partial charge in [0, 0.05) is 19.3 Å². The van der Waals surface area contributed by atoms with Crippen LogP contribution in [0.25, 0.3) is 0 Å². The van der Waals surface area contributed by atoms with Crippen LogP contribution in [-0.4, -0.2) is 5.91 Å². The van der Waals surface area contributed by atoms with Crippen molar-refractivity contribution in [3.05, 3.63) is 61.1 Å². The van der Waals surface area contributed by atoms with E-state index in [1.54, 1.807) is 0 Å². The fourth-order valence-corrected chi connectivity index (χ4v) is 2.63. The summed E-state index contributed by atoms with van der Waals surface area (Å²) in [6, 6.07) is 11.6. The van der Waals surface area contributed by atoms with Gasteiger partial charge in [0.25, 0.3) is 5.91 Å². The van der Waals surface area contributed by atoms with Crippen molar-refractivity contribution < 1.29 is 4.79 Å². The SMILES string of the molecule is Cc1ccc(I)cc1NC(=O)c1cccc(Br)c1C. The molecule has 0 spiro atoms. The maximum atomic E-state index is 12.3. The number of hydrogen-bond acceptors (Lipinski definition) is 1. The summed E-state index contributed by atoms with van der Waals surface area (Å²) in [7, 11) is 0. The molecule has 2 aromatic rings. The molecule has 98 valence electrons. The normalized spacial score (nSPS) is 10.3. The molecule has 0 aromatic heterocycles. The summed E-state index contributed by atoms with van der Waals surface area (Å²) in [5, 5.41) is 2.97. The lowest BCUT2D eigenvalue weighted by molar-refractivity contribution is 0.102. The minimum Gasteiger partial charge on any atom is -0.322 e. The molecule has 0 unspecified atom stereocenters. The Morgan fingerprint density at radius 1 is 1.21 bits per heavy atom. The lowest BCUT2D eigenvalue weighted by atomic mass is 10.1. The van der Waals surface area contributed by atoms with Crippen molar-refractivity contribution in [1.82, 2.24) is 0 Å². The van der Waals surface area contributed by atoms with Crippen LogP contribution in [0.4, 0.5) is 5.69 Å². The second-order valence-corrected chi connectivity index (χ2v) is 6.43. The fourth-order valence-electron chi connectivity index (χ4n) is 1.77. The predicted octanol–water partition coefficient (Wildman–Crippen LogP) is 4.92. The molecule has 1 N–H and O–H groups in total. The molecule has 0 saturated carbocycles. The number of rotatable bonds is 2. The minimum atomic E-state index is -0.0797. The van der Waals surface area contributed by atoms with Crippen molar-refractivity contribution in [2.45, 2.75) is 13.8 Å². The molecule has 4 heteroatoms. The van der Waals surface area contributed by atoms with Crippen molar-refractivity contribution >= 4 is 50.1 Å². The molecule has 2 rings (SSSR count). The minimum absolute atomic E-state index is 0.0797. The van der Waals surface area contributed by atoms with Gasteiger partial charge in [-0.25, -0.2) is 0 Å². The van der Waals surface area contributed by atoms with E-state index in [2.05, 4.69) is 43.8 Å². The maximum Gasteiger partial charge on any atom is 0.255 e. The van der Waals surface area contributed by atoms with E-state index in [1.807, 2.05) is 50.2 Å². The fraction of sp³-hybridized carbons (Fsp3) is 0.133. The van der Waals surface area contributed by atoms with Crippen LogP contribution in [0.2, 0.25) is 0 Å². The van der Waals surface area contributed by atoms with Crippen LogP contribution in [0.1, 0.15) is 21.5 Å². The second kappa shape index (κ2) is 6.05. The number of benzene rings is 2. The van der Waals surface area contributed by atoms with Crippen LogP contribution in [0.15, 0.2) is 40.9 Å². The Bertz CT molecular complexity index is 640. The van der Waals surface area contributed by atoms with Crippen molar-refractivity contribution in [2.24, 2.45) is 0 Å². The van der Waals surface area contributed by atoms with E-state index in [9.17, 15) is 4.79 Å². The molecule has 2 aromatic carbocycles.